The Balaban J connectivity index is 1.77. The molecule has 0 saturated heterocycles. The molecule has 1 heteroatoms. The molecule has 0 saturated carbocycles. The third-order valence-corrected chi connectivity index (χ3v) is 5.57. The molecule has 3 aromatic rings. The van der Waals surface area contributed by atoms with Crippen molar-refractivity contribution in [1.29, 1.82) is 0 Å². The second kappa shape index (κ2) is 5.63. The number of hydrogen-bond donors (Lipinski definition) is 1. The zero-order valence-corrected chi connectivity index (χ0v) is 14.2. The topological polar surface area (TPSA) is 12.0 Å². The van der Waals surface area contributed by atoms with E-state index >= 15 is 0 Å². The Kier molecular flexibility index (Phi) is 3.27. The van der Waals surface area contributed by atoms with E-state index in [-0.39, 0.29) is 5.54 Å². The van der Waals surface area contributed by atoms with E-state index in [2.05, 4.69) is 90.3 Å². The zero-order chi connectivity index (χ0) is 16.7. The first-order valence-corrected chi connectivity index (χ1v) is 9.10. The van der Waals surface area contributed by atoms with Crippen LogP contribution in [0.1, 0.15) is 35.1 Å². The number of aryl methyl sites for hydroxylation is 1. The van der Waals surface area contributed by atoms with E-state index in [1.54, 1.807) is 0 Å². The van der Waals surface area contributed by atoms with E-state index in [0.717, 1.165) is 6.42 Å². The van der Waals surface area contributed by atoms with Gasteiger partial charge < -0.3 is 5.32 Å². The van der Waals surface area contributed by atoms with E-state index in [9.17, 15) is 0 Å². The molecule has 0 radical (unpaired) electrons. The molecule has 122 valence electrons. The summed E-state index contributed by atoms with van der Waals surface area (Å²) in [5.41, 5.74) is 7.97. The molecule has 1 nitrogen and oxygen atoms in total. The molecule has 1 spiro atoms. The third-order valence-electron chi connectivity index (χ3n) is 5.57. The average molecular weight is 323 g/mol. The maximum absolute atomic E-state index is 3.89. The van der Waals surface area contributed by atoms with Crippen LogP contribution in [0.15, 0.2) is 84.9 Å². The SMILES string of the molecule is C1=C(c2ccccc2)c2ccccc2N[C@@]12CCCc1ccccc12. The molecule has 1 N–H and O–H groups in total. The second-order valence-corrected chi connectivity index (χ2v) is 7.08. The van der Waals surface area contributed by atoms with Crippen LogP contribution in [-0.2, 0) is 12.0 Å². The third kappa shape index (κ3) is 2.31. The standard InChI is InChI=1S/C24H21N/c1-2-9-18(10-3-1)21-17-24(25-23-15-7-5-13-20(21)23)16-8-12-19-11-4-6-14-22(19)24/h1-7,9-11,13-15,17,25H,8,12,16H2/t24-/m0/s1. The van der Waals surface area contributed by atoms with Crippen LogP contribution in [0.25, 0.3) is 5.57 Å². The summed E-state index contributed by atoms with van der Waals surface area (Å²) in [6.45, 7) is 0. The second-order valence-electron chi connectivity index (χ2n) is 7.08. The summed E-state index contributed by atoms with van der Waals surface area (Å²) >= 11 is 0. The Hall–Kier alpha value is -2.80. The van der Waals surface area contributed by atoms with Crippen LogP contribution in [-0.4, -0.2) is 0 Å². The lowest BCUT2D eigenvalue weighted by Crippen LogP contribution is -2.39. The molecule has 1 atom stereocenters. The summed E-state index contributed by atoms with van der Waals surface area (Å²) in [4.78, 5) is 0. The van der Waals surface area contributed by atoms with Crippen LogP contribution in [0.3, 0.4) is 0 Å². The van der Waals surface area contributed by atoms with Gasteiger partial charge in [-0.2, -0.15) is 0 Å². The molecule has 1 aliphatic heterocycles. The fourth-order valence-corrected chi connectivity index (χ4v) is 4.43. The van der Waals surface area contributed by atoms with Crippen molar-refractivity contribution in [2.45, 2.75) is 24.8 Å². The molecule has 2 aliphatic rings. The van der Waals surface area contributed by atoms with Crippen LogP contribution in [0, 0.1) is 0 Å². The highest BCUT2D eigenvalue weighted by molar-refractivity contribution is 5.90. The number of fused-ring (bicyclic) bond motifs is 3. The van der Waals surface area contributed by atoms with Crippen molar-refractivity contribution in [3.05, 3.63) is 107 Å². The summed E-state index contributed by atoms with van der Waals surface area (Å²) in [5, 5.41) is 3.89. The Morgan fingerprint density at radius 3 is 2.44 bits per heavy atom. The smallest absolute Gasteiger partial charge is 0.0821 e. The van der Waals surface area contributed by atoms with Crippen molar-refractivity contribution >= 4 is 11.3 Å². The zero-order valence-electron chi connectivity index (χ0n) is 14.2. The van der Waals surface area contributed by atoms with Crippen molar-refractivity contribution in [3.8, 4) is 0 Å². The Bertz CT molecular complexity index is 955. The van der Waals surface area contributed by atoms with E-state index in [1.165, 1.54) is 46.4 Å². The summed E-state index contributed by atoms with van der Waals surface area (Å²) < 4.78 is 0. The molecule has 0 unspecified atom stereocenters. The number of benzene rings is 3. The molecular weight excluding hydrogens is 302 g/mol. The minimum Gasteiger partial charge on any atom is -0.372 e. The number of para-hydroxylation sites is 1. The first-order valence-electron chi connectivity index (χ1n) is 9.10. The van der Waals surface area contributed by atoms with E-state index in [1.807, 2.05) is 0 Å². The van der Waals surface area contributed by atoms with Crippen LogP contribution in [0.2, 0.25) is 0 Å². The highest BCUT2D eigenvalue weighted by Crippen LogP contribution is 2.46. The van der Waals surface area contributed by atoms with Crippen molar-refractivity contribution in [1.82, 2.24) is 0 Å². The van der Waals surface area contributed by atoms with Crippen LogP contribution >= 0.6 is 0 Å². The summed E-state index contributed by atoms with van der Waals surface area (Å²) in [5.74, 6) is 0. The number of nitrogens with one attached hydrogen (secondary N) is 1. The lowest BCUT2D eigenvalue weighted by molar-refractivity contribution is 0.492. The number of hydrogen-bond acceptors (Lipinski definition) is 1. The average Bonchev–Trinajstić information content (AvgIpc) is 2.68. The molecule has 0 amide bonds. The van der Waals surface area contributed by atoms with Crippen LogP contribution < -0.4 is 5.32 Å². The predicted molar refractivity (Wildman–Crippen MR) is 105 cm³/mol. The Morgan fingerprint density at radius 2 is 1.52 bits per heavy atom. The number of anilines is 1. The van der Waals surface area contributed by atoms with Gasteiger partial charge in [0.15, 0.2) is 0 Å². The summed E-state index contributed by atoms with van der Waals surface area (Å²) in [7, 11) is 0. The van der Waals surface area contributed by atoms with Gasteiger partial charge in [-0.15, -0.1) is 0 Å². The first-order chi connectivity index (χ1) is 12.4. The van der Waals surface area contributed by atoms with Crippen molar-refractivity contribution in [2.24, 2.45) is 0 Å². The molecule has 0 fully saturated rings. The maximum atomic E-state index is 3.89. The molecule has 1 aliphatic carbocycles. The monoisotopic (exact) mass is 323 g/mol. The Labute approximate surface area is 149 Å². The van der Waals surface area contributed by atoms with E-state index in [0.29, 0.717) is 0 Å². The highest BCUT2D eigenvalue weighted by atomic mass is 15.0. The molecule has 3 aromatic carbocycles. The van der Waals surface area contributed by atoms with Gasteiger partial charge in [0.25, 0.3) is 0 Å². The van der Waals surface area contributed by atoms with Crippen molar-refractivity contribution < 1.29 is 0 Å². The lowest BCUT2D eigenvalue weighted by atomic mass is 9.72. The molecule has 0 bridgehead atoms. The van der Waals surface area contributed by atoms with Crippen LogP contribution in [0.5, 0.6) is 0 Å². The summed E-state index contributed by atoms with van der Waals surface area (Å²) in [6.07, 6.45) is 6.00. The van der Waals surface area contributed by atoms with E-state index < -0.39 is 0 Å². The van der Waals surface area contributed by atoms with Gasteiger partial charge in [-0.05, 0) is 53.7 Å². The van der Waals surface area contributed by atoms with Gasteiger partial charge in [0.05, 0.1) is 5.54 Å². The molecule has 5 rings (SSSR count). The molecule has 25 heavy (non-hydrogen) atoms. The van der Waals surface area contributed by atoms with Crippen LogP contribution in [0.4, 0.5) is 5.69 Å². The van der Waals surface area contributed by atoms with Gasteiger partial charge in [-0.25, -0.2) is 0 Å². The van der Waals surface area contributed by atoms with Gasteiger partial charge in [-0.3, -0.25) is 0 Å². The first kappa shape index (κ1) is 14.5. The van der Waals surface area contributed by atoms with Crippen molar-refractivity contribution in [3.63, 3.8) is 0 Å². The minimum atomic E-state index is -0.103. The van der Waals surface area contributed by atoms with Gasteiger partial charge in [0, 0.05) is 11.3 Å². The Morgan fingerprint density at radius 1 is 0.760 bits per heavy atom. The fourth-order valence-electron chi connectivity index (χ4n) is 4.43. The molecule has 0 aromatic heterocycles. The quantitative estimate of drug-likeness (QED) is 0.599. The lowest BCUT2D eigenvalue weighted by Gasteiger charge is -2.42. The highest BCUT2D eigenvalue weighted by Gasteiger charge is 2.38. The van der Waals surface area contributed by atoms with Gasteiger partial charge in [0.2, 0.25) is 0 Å². The van der Waals surface area contributed by atoms with Gasteiger partial charge in [0.1, 0.15) is 0 Å². The van der Waals surface area contributed by atoms with Crippen molar-refractivity contribution in [2.75, 3.05) is 5.32 Å². The largest absolute Gasteiger partial charge is 0.372 e. The maximum Gasteiger partial charge on any atom is 0.0821 e. The van der Waals surface area contributed by atoms with Gasteiger partial charge >= 0.3 is 0 Å². The van der Waals surface area contributed by atoms with Gasteiger partial charge in [-0.1, -0.05) is 72.8 Å². The fraction of sp³-hybridized carbons (Fsp3) is 0.167. The van der Waals surface area contributed by atoms with E-state index in [4.69, 9.17) is 0 Å². The normalized spacial score (nSPS) is 21.0. The predicted octanol–water partition coefficient (Wildman–Crippen LogP) is 5.78. The molecular formula is C24H21N. The number of rotatable bonds is 1. The summed E-state index contributed by atoms with van der Waals surface area (Å²) in [6, 6.07) is 28.4. The minimum absolute atomic E-state index is 0.103. The molecule has 1 heterocycles.